The van der Waals surface area contributed by atoms with E-state index in [-0.39, 0.29) is 18.9 Å². The van der Waals surface area contributed by atoms with Gasteiger partial charge in [0, 0.05) is 17.6 Å². The third-order valence-corrected chi connectivity index (χ3v) is 4.00. The van der Waals surface area contributed by atoms with Crippen LogP contribution in [0, 0.1) is 0 Å². The summed E-state index contributed by atoms with van der Waals surface area (Å²) in [7, 11) is 0. The maximum atomic E-state index is 12.6. The Morgan fingerprint density at radius 2 is 2.00 bits per heavy atom. The number of ether oxygens (including phenoxy) is 2. The van der Waals surface area contributed by atoms with Crippen molar-refractivity contribution in [2.45, 2.75) is 33.1 Å². The van der Waals surface area contributed by atoms with Gasteiger partial charge >= 0.3 is 5.97 Å². The number of rotatable bonds is 8. The van der Waals surface area contributed by atoms with Gasteiger partial charge < -0.3 is 23.6 Å². The van der Waals surface area contributed by atoms with Crippen LogP contribution in [0.1, 0.15) is 35.7 Å². The minimum Gasteiger partial charge on any atom is -0.467 e. The maximum absolute atomic E-state index is 12.6. The van der Waals surface area contributed by atoms with E-state index in [1.54, 1.807) is 18.2 Å². The van der Waals surface area contributed by atoms with Gasteiger partial charge in [-0.05, 0) is 32.0 Å². The number of nitrogens with one attached hydrogen (secondary N) is 1. The molecular weight excluding hydrogens is 350 g/mol. The van der Waals surface area contributed by atoms with Gasteiger partial charge in [-0.1, -0.05) is 18.2 Å². The van der Waals surface area contributed by atoms with Crippen molar-refractivity contribution in [3.63, 3.8) is 0 Å². The Balaban J connectivity index is 1.70. The first-order chi connectivity index (χ1) is 13.1. The second-order valence-corrected chi connectivity index (χ2v) is 5.89. The van der Waals surface area contributed by atoms with Crippen molar-refractivity contribution in [1.82, 2.24) is 5.32 Å². The predicted molar refractivity (Wildman–Crippen MR) is 97.0 cm³/mol. The van der Waals surface area contributed by atoms with E-state index in [4.69, 9.17) is 18.3 Å². The molecule has 7 heteroatoms. The Kier molecular flexibility index (Phi) is 5.93. The van der Waals surface area contributed by atoms with Crippen LogP contribution in [-0.2, 0) is 27.4 Å². The topological polar surface area (TPSA) is 90.9 Å². The molecule has 7 nitrogen and oxygen atoms in total. The van der Waals surface area contributed by atoms with Crippen molar-refractivity contribution in [1.29, 1.82) is 0 Å². The summed E-state index contributed by atoms with van der Waals surface area (Å²) in [5, 5.41) is 3.44. The summed E-state index contributed by atoms with van der Waals surface area (Å²) in [6.45, 7) is 4.30. The number of esters is 1. The fraction of sp³-hybridized carbons (Fsp3) is 0.300. The van der Waals surface area contributed by atoms with Crippen LogP contribution in [0.15, 0.2) is 51.5 Å². The summed E-state index contributed by atoms with van der Waals surface area (Å²) in [6, 6.07) is 10.8. The Morgan fingerprint density at radius 3 is 2.74 bits per heavy atom. The van der Waals surface area contributed by atoms with Crippen LogP contribution in [0.5, 0.6) is 0 Å². The SMILES string of the molecule is CCOCc1c(C(=O)OC(C)C(=O)NCc2ccco2)oc2ccccc12. The van der Waals surface area contributed by atoms with Gasteiger partial charge in [0.1, 0.15) is 11.3 Å². The third kappa shape index (κ3) is 4.38. The Labute approximate surface area is 156 Å². The summed E-state index contributed by atoms with van der Waals surface area (Å²) in [4.78, 5) is 24.7. The van der Waals surface area contributed by atoms with Crippen molar-refractivity contribution in [3.8, 4) is 0 Å². The van der Waals surface area contributed by atoms with Crippen LogP contribution in [0.4, 0.5) is 0 Å². The van der Waals surface area contributed by atoms with Gasteiger partial charge in [0.2, 0.25) is 5.76 Å². The lowest BCUT2D eigenvalue weighted by Gasteiger charge is -2.12. The van der Waals surface area contributed by atoms with Crippen molar-refractivity contribution >= 4 is 22.8 Å². The van der Waals surface area contributed by atoms with Crippen molar-refractivity contribution in [3.05, 3.63) is 59.7 Å². The molecule has 0 spiro atoms. The molecule has 3 rings (SSSR count). The van der Waals surface area contributed by atoms with Crippen molar-refractivity contribution < 1.29 is 27.9 Å². The highest BCUT2D eigenvalue weighted by Crippen LogP contribution is 2.27. The van der Waals surface area contributed by atoms with Gasteiger partial charge in [0.25, 0.3) is 5.91 Å². The predicted octanol–water partition coefficient (Wildman–Crippen LogP) is 3.42. The standard InChI is InChI=1S/C20H21NO6/c1-3-24-12-16-15-8-4-5-9-17(15)27-18(16)20(23)26-13(2)19(22)21-11-14-7-6-10-25-14/h4-10,13H,3,11-12H2,1-2H3,(H,21,22). The van der Waals surface area contributed by atoms with E-state index in [9.17, 15) is 9.59 Å². The quantitative estimate of drug-likeness (QED) is 0.610. The van der Waals surface area contributed by atoms with Gasteiger partial charge in [0.15, 0.2) is 6.10 Å². The van der Waals surface area contributed by atoms with Gasteiger partial charge in [-0.2, -0.15) is 0 Å². The van der Waals surface area contributed by atoms with E-state index >= 15 is 0 Å². The number of fused-ring (bicyclic) bond motifs is 1. The highest BCUT2D eigenvalue weighted by molar-refractivity contribution is 5.97. The molecule has 1 aromatic carbocycles. The number of para-hydroxylation sites is 1. The first-order valence-electron chi connectivity index (χ1n) is 8.69. The molecule has 27 heavy (non-hydrogen) atoms. The Bertz CT molecular complexity index is 912. The van der Waals surface area contributed by atoms with Crippen LogP contribution in [0.2, 0.25) is 0 Å². The van der Waals surface area contributed by atoms with E-state index in [1.807, 2.05) is 25.1 Å². The number of carbonyl (C=O) groups is 2. The molecule has 1 N–H and O–H groups in total. The number of hydrogen-bond acceptors (Lipinski definition) is 6. The molecule has 0 aliphatic heterocycles. The molecule has 1 atom stereocenters. The number of furan rings is 2. The molecule has 142 valence electrons. The average Bonchev–Trinajstić information content (AvgIpc) is 3.32. The van der Waals surface area contributed by atoms with E-state index in [2.05, 4.69) is 5.32 Å². The Morgan fingerprint density at radius 1 is 1.19 bits per heavy atom. The van der Waals surface area contributed by atoms with Crippen LogP contribution in [0.25, 0.3) is 11.0 Å². The van der Waals surface area contributed by atoms with Gasteiger partial charge in [0.05, 0.1) is 19.4 Å². The fourth-order valence-corrected chi connectivity index (χ4v) is 2.61. The van der Waals surface area contributed by atoms with Crippen molar-refractivity contribution in [2.75, 3.05) is 6.61 Å². The summed E-state index contributed by atoms with van der Waals surface area (Å²) < 4.78 is 21.5. The van der Waals surface area contributed by atoms with Gasteiger partial charge in [-0.3, -0.25) is 4.79 Å². The largest absolute Gasteiger partial charge is 0.467 e. The van der Waals surface area contributed by atoms with Gasteiger partial charge in [-0.15, -0.1) is 0 Å². The molecular formula is C20H21NO6. The molecule has 0 saturated carbocycles. The zero-order valence-corrected chi connectivity index (χ0v) is 15.2. The van der Waals surface area contributed by atoms with Crippen LogP contribution in [0.3, 0.4) is 0 Å². The van der Waals surface area contributed by atoms with Crippen LogP contribution in [-0.4, -0.2) is 24.6 Å². The lowest BCUT2D eigenvalue weighted by molar-refractivity contribution is -0.129. The summed E-state index contributed by atoms with van der Waals surface area (Å²) in [6.07, 6.45) is 0.535. The highest BCUT2D eigenvalue weighted by Gasteiger charge is 2.25. The van der Waals surface area contributed by atoms with Crippen molar-refractivity contribution in [2.24, 2.45) is 0 Å². The molecule has 1 unspecified atom stereocenters. The molecule has 0 radical (unpaired) electrons. The van der Waals surface area contributed by atoms with Crippen LogP contribution < -0.4 is 5.32 Å². The molecule has 0 saturated heterocycles. The van der Waals surface area contributed by atoms with E-state index in [0.29, 0.717) is 23.5 Å². The normalized spacial score (nSPS) is 12.1. The molecule has 2 heterocycles. The number of hydrogen-bond donors (Lipinski definition) is 1. The smallest absolute Gasteiger partial charge is 0.375 e. The molecule has 1 amide bonds. The minimum absolute atomic E-state index is 0.0512. The monoisotopic (exact) mass is 371 g/mol. The van der Waals surface area contributed by atoms with E-state index in [1.165, 1.54) is 13.2 Å². The second kappa shape index (κ2) is 8.55. The average molecular weight is 371 g/mol. The van der Waals surface area contributed by atoms with E-state index < -0.39 is 18.0 Å². The molecule has 3 aromatic rings. The lowest BCUT2D eigenvalue weighted by Crippen LogP contribution is -2.35. The summed E-state index contributed by atoms with van der Waals surface area (Å²) in [5.74, 6) is -0.475. The zero-order valence-electron chi connectivity index (χ0n) is 15.2. The Hall–Kier alpha value is -3.06. The number of benzene rings is 1. The maximum Gasteiger partial charge on any atom is 0.375 e. The molecule has 2 aromatic heterocycles. The third-order valence-electron chi connectivity index (χ3n) is 4.00. The van der Waals surface area contributed by atoms with Gasteiger partial charge in [-0.25, -0.2) is 4.79 Å². The second-order valence-electron chi connectivity index (χ2n) is 5.89. The fourth-order valence-electron chi connectivity index (χ4n) is 2.61. The molecule has 0 aliphatic carbocycles. The minimum atomic E-state index is -0.986. The first-order valence-corrected chi connectivity index (χ1v) is 8.69. The molecule has 0 aliphatic rings. The van der Waals surface area contributed by atoms with E-state index in [0.717, 1.165) is 5.39 Å². The molecule has 0 bridgehead atoms. The van der Waals surface area contributed by atoms with Crippen LogP contribution >= 0.6 is 0 Å². The highest BCUT2D eigenvalue weighted by atomic mass is 16.6. The summed E-state index contributed by atoms with van der Waals surface area (Å²) >= 11 is 0. The number of carbonyl (C=O) groups excluding carboxylic acids is 2. The summed E-state index contributed by atoms with van der Waals surface area (Å²) in [5.41, 5.74) is 1.18. The molecule has 0 fully saturated rings. The first kappa shape index (κ1) is 18.7. The lowest BCUT2D eigenvalue weighted by atomic mass is 10.1. The zero-order chi connectivity index (χ0) is 19.2. The number of amides is 1.